The van der Waals surface area contributed by atoms with E-state index in [1.54, 1.807) is 17.0 Å². The third-order valence-corrected chi connectivity index (χ3v) is 6.79. The zero-order valence-corrected chi connectivity index (χ0v) is 20.3. The molecular weight excluding hydrogens is 450 g/mol. The SMILES string of the molecule is N=C(N)c1ccc(CNC(=O)[C@@H]2C[C@H](c3ccccc3)CN2C(=O)[C@H](N)CCc2ccccc2)cc1. The van der Waals surface area contributed by atoms with Crippen LogP contribution in [0.1, 0.15) is 41.0 Å². The van der Waals surface area contributed by atoms with Gasteiger partial charge in [-0.2, -0.15) is 0 Å². The number of nitrogens with two attached hydrogens (primary N) is 2. The second-order valence-electron chi connectivity index (χ2n) is 9.31. The van der Waals surface area contributed by atoms with E-state index in [0.717, 1.165) is 16.7 Å². The van der Waals surface area contributed by atoms with Gasteiger partial charge < -0.3 is 21.7 Å². The summed E-state index contributed by atoms with van der Waals surface area (Å²) in [6.45, 7) is 0.791. The Hall–Kier alpha value is -3.97. The first kappa shape index (κ1) is 25.1. The van der Waals surface area contributed by atoms with Gasteiger partial charge in [0.15, 0.2) is 0 Å². The lowest BCUT2D eigenvalue weighted by Crippen LogP contribution is -2.51. The van der Waals surface area contributed by atoms with E-state index in [2.05, 4.69) is 5.32 Å². The number of benzene rings is 3. The molecule has 0 aromatic heterocycles. The number of amidine groups is 1. The lowest BCUT2D eigenvalue weighted by atomic mass is 9.96. The van der Waals surface area contributed by atoms with Crippen molar-refractivity contribution in [3.05, 3.63) is 107 Å². The van der Waals surface area contributed by atoms with E-state index in [-0.39, 0.29) is 23.6 Å². The number of nitrogen functional groups attached to an aromatic ring is 1. The normalized spacial score (nSPS) is 18.0. The molecule has 3 aromatic carbocycles. The van der Waals surface area contributed by atoms with Crippen LogP contribution >= 0.6 is 0 Å². The lowest BCUT2D eigenvalue weighted by molar-refractivity contribution is -0.139. The first-order valence-electron chi connectivity index (χ1n) is 12.3. The molecule has 0 unspecified atom stereocenters. The van der Waals surface area contributed by atoms with Gasteiger partial charge in [-0.1, -0.05) is 84.9 Å². The number of nitrogens with zero attached hydrogens (tertiary/aromatic N) is 1. The van der Waals surface area contributed by atoms with Gasteiger partial charge in [0.1, 0.15) is 11.9 Å². The second-order valence-corrected chi connectivity index (χ2v) is 9.31. The first-order valence-corrected chi connectivity index (χ1v) is 12.3. The van der Waals surface area contributed by atoms with Crippen molar-refractivity contribution in [3.63, 3.8) is 0 Å². The van der Waals surface area contributed by atoms with Crippen LogP contribution in [-0.4, -0.2) is 41.2 Å². The largest absolute Gasteiger partial charge is 0.384 e. The number of likely N-dealkylation sites (tertiary alicyclic amines) is 1. The molecule has 0 radical (unpaired) electrons. The molecule has 0 spiro atoms. The van der Waals surface area contributed by atoms with E-state index in [1.807, 2.05) is 72.8 Å². The summed E-state index contributed by atoms with van der Waals surface area (Å²) < 4.78 is 0. The molecule has 6 N–H and O–H groups in total. The Bertz CT molecular complexity index is 1180. The summed E-state index contributed by atoms with van der Waals surface area (Å²) in [6, 6.07) is 25.9. The number of carbonyl (C=O) groups is 2. The number of rotatable bonds is 9. The van der Waals surface area contributed by atoms with Gasteiger partial charge in [0.25, 0.3) is 0 Å². The molecule has 7 heteroatoms. The quantitative estimate of drug-likeness (QED) is 0.276. The Kier molecular flexibility index (Phi) is 8.13. The monoisotopic (exact) mass is 483 g/mol. The van der Waals surface area contributed by atoms with Crippen molar-refractivity contribution in [2.75, 3.05) is 6.54 Å². The summed E-state index contributed by atoms with van der Waals surface area (Å²) in [4.78, 5) is 28.4. The Morgan fingerprint density at radius 1 is 0.944 bits per heavy atom. The minimum Gasteiger partial charge on any atom is -0.384 e. The number of carbonyl (C=O) groups excluding carboxylic acids is 2. The summed E-state index contributed by atoms with van der Waals surface area (Å²) in [7, 11) is 0. The summed E-state index contributed by atoms with van der Waals surface area (Å²) in [5.41, 5.74) is 15.6. The predicted molar refractivity (Wildman–Crippen MR) is 141 cm³/mol. The molecule has 186 valence electrons. The number of nitrogens with one attached hydrogen (secondary N) is 2. The molecule has 1 aliphatic heterocycles. The fraction of sp³-hybridized carbons (Fsp3) is 0.276. The van der Waals surface area contributed by atoms with E-state index in [4.69, 9.17) is 16.9 Å². The van der Waals surface area contributed by atoms with Crippen molar-refractivity contribution in [2.45, 2.75) is 43.8 Å². The van der Waals surface area contributed by atoms with Crippen LogP contribution in [0.15, 0.2) is 84.9 Å². The van der Waals surface area contributed by atoms with E-state index in [9.17, 15) is 9.59 Å². The van der Waals surface area contributed by atoms with E-state index in [0.29, 0.717) is 37.9 Å². The van der Waals surface area contributed by atoms with Gasteiger partial charge in [-0.25, -0.2) is 0 Å². The number of hydrogen-bond donors (Lipinski definition) is 4. The zero-order chi connectivity index (χ0) is 25.5. The van der Waals surface area contributed by atoms with Crippen molar-refractivity contribution in [1.82, 2.24) is 10.2 Å². The van der Waals surface area contributed by atoms with Crippen LogP contribution in [-0.2, 0) is 22.6 Å². The Balaban J connectivity index is 1.44. The molecular formula is C29H33N5O2. The molecule has 1 aliphatic rings. The zero-order valence-electron chi connectivity index (χ0n) is 20.3. The molecule has 4 rings (SSSR count). The van der Waals surface area contributed by atoms with E-state index < -0.39 is 12.1 Å². The fourth-order valence-electron chi connectivity index (χ4n) is 4.71. The third-order valence-electron chi connectivity index (χ3n) is 6.79. The van der Waals surface area contributed by atoms with Crippen molar-refractivity contribution in [2.24, 2.45) is 11.5 Å². The predicted octanol–water partition coefficient (Wildman–Crippen LogP) is 2.93. The van der Waals surface area contributed by atoms with E-state index in [1.165, 1.54) is 0 Å². The highest BCUT2D eigenvalue weighted by Gasteiger charge is 2.41. The number of hydrogen-bond acceptors (Lipinski definition) is 4. The smallest absolute Gasteiger partial charge is 0.243 e. The molecule has 1 fully saturated rings. The van der Waals surface area contributed by atoms with Gasteiger partial charge in [0, 0.05) is 24.6 Å². The van der Waals surface area contributed by atoms with Gasteiger partial charge in [-0.15, -0.1) is 0 Å². The van der Waals surface area contributed by atoms with Crippen LogP contribution in [0.25, 0.3) is 0 Å². The van der Waals surface area contributed by atoms with Gasteiger partial charge >= 0.3 is 0 Å². The molecule has 0 aliphatic carbocycles. The Morgan fingerprint density at radius 2 is 1.58 bits per heavy atom. The molecule has 3 aromatic rings. The van der Waals surface area contributed by atoms with Crippen molar-refractivity contribution < 1.29 is 9.59 Å². The minimum atomic E-state index is -0.672. The highest BCUT2D eigenvalue weighted by Crippen LogP contribution is 2.32. The van der Waals surface area contributed by atoms with Crippen LogP contribution in [0.5, 0.6) is 0 Å². The van der Waals surface area contributed by atoms with Crippen LogP contribution in [0, 0.1) is 5.41 Å². The lowest BCUT2D eigenvalue weighted by Gasteiger charge is -2.27. The molecule has 3 atom stereocenters. The summed E-state index contributed by atoms with van der Waals surface area (Å²) in [5, 5.41) is 10.5. The molecule has 36 heavy (non-hydrogen) atoms. The van der Waals surface area contributed by atoms with Crippen LogP contribution in [0.3, 0.4) is 0 Å². The maximum Gasteiger partial charge on any atom is 0.243 e. The average molecular weight is 484 g/mol. The third kappa shape index (κ3) is 6.17. The maximum absolute atomic E-state index is 13.4. The second kappa shape index (κ2) is 11.6. The summed E-state index contributed by atoms with van der Waals surface area (Å²) in [5.74, 6) is -0.300. The van der Waals surface area contributed by atoms with Gasteiger partial charge in [0.05, 0.1) is 6.04 Å². The Labute approximate surface area is 212 Å². The summed E-state index contributed by atoms with van der Waals surface area (Å²) >= 11 is 0. The molecule has 7 nitrogen and oxygen atoms in total. The van der Waals surface area contributed by atoms with Crippen LogP contribution in [0.2, 0.25) is 0 Å². The standard InChI is InChI=1S/C29H33N5O2/c30-25(16-13-20-7-3-1-4-8-20)29(36)34-19-24(22-9-5-2-6-10-22)17-26(34)28(35)33-18-21-11-14-23(15-12-21)27(31)32/h1-12,14-15,24-26H,13,16-19,30H2,(H3,31,32)(H,33,35)/t24-,25+,26-/m0/s1. The van der Waals surface area contributed by atoms with E-state index >= 15 is 0 Å². The fourth-order valence-corrected chi connectivity index (χ4v) is 4.71. The highest BCUT2D eigenvalue weighted by molar-refractivity contribution is 5.95. The van der Waals surface area contributed by atoms with Crippen LogP contribution < -0.4 is 16.8 Å². The Morgan fingerprint density at radius 3 is 2.22 bits per heavy atom. The number of amides is 2. The van der Waals surface area contributed by atoms with Crippen molar-refractivity contribution >= 4 is 17.6 Å². The average Bonchev–Trinajstić information content (AvgIpc) is 3.37. The molecule has 0 bridgehead atoms. The molecule has 1 heterocycles. The maximum atomic E-state index is 13.4. The topological polar surface area (TPSA) is 125 Å². The van der Waals surface area contributed by atoms with Gasteiger partial charge in [-0.3, -0.25) is 15.0 Å². The van der Waals surface area contributed by atoms with Gasteiger partial charge in [0.2, 0.25) is 11.8 Å². The highest BCUT2D eigenvalue weighted by atomic mass is 16.2. The molecule has 1 saturated heterocycles. The van der Waals surface area contributed by atoms with Gasteiger partial charge in [-0.05, 0) is 36.0 Å². The van der Waals surface area contributed by atoms with Crippen molar-refractivity contribution in [3.8, 4) is 0 Å². The number of aryl methyl sites for hydroxylation is 1. The minimum absolute atomic E-state index is 0.00116. The first-order chi connectivity index (χ1) is 17.4. The molecule has 0 saturated carbocycles. The van der Waals surface area contributed by atoms with Crippen LogP contribution in [0.4, 0.5) is 0 Å². The summed E-state index contributed by atoms with van der Waals surface area (Å²) in [6.07, 6.45) is 1.78. The molecule has 2 amide bonds. The van der Waals surface area contributed by atoms with Crippen molar-refractivity contribution in [1.29, 1.82) is 5.41 Å².